The van der Waals surface area contributed by atoms with Gasteiger partial charge in [0, 0.05) is 18.6 Å². The molecular weight excluding hydrogens is 324 g/mol. The highest BCUT2D eigenvalue weighted by atomic mass is 16.6. The van der Waals surface area contributed by atoms with E-state index in [1.54, 1.807) is 7.05 Å². The fraction of sp³-hybridized carbons (Fsp3) is 0.176. The van der Waals surface area contributed by atoms with Crippen molar-refractivity contribution in [3.63, 3.8) is 0 Å². The van der Waals surface area contributed by atoms with Gasteiger partial charge in [-0.3, -0.25) is 15.1 Å². The standard InChI is InChI=1S/C17H16N4O4/c1-11(16-9-12-5-3-4-6-15(12)25-16)20(2)17(22)19-13-7-8-18-10-14(13)21(23)24/h3-11H,1-2H3,(H,18,19,22)/t11-/m1/s1. The summed E-state index contributed by atoms with van der Waals surface area (Å²) in [6, 6.07) is 9.98. The van der Waals surface area contributed by atoms with Gasteiger partial charge < -0.3 is 14.6 Å². The number of hydrogen-bond donors (Lipinski definition) is 1. The van der Waals surface area contributed by atoms with E-state index in [1.807, 2.05) is 37.3 Å². The number of carbonyl (C=O) groups is 1. The third-order valence-electron chi connectivity index (χ3n) is 4.00. The molecule has 1 atom stereocenters. The molecule has 2 aromatic heterocycles. The maximum Gasteiger partial charge on any atom is 0.322 e. The summed E-state index contributed by atoms with van der Waals surface area (Å²) < 4.78 is 5.77. The third-order valence-corrected chi connectivity index (χ3v) is 4.00. The first-order valence-corrected chi connectivity index (χ1v) is 7.58. The number of nitrogens with one attached hydrogen (secondary N) is 1. The van der Waals surface area contributed by atoms with Crippen molar-refractivity contribution in [3.8, 4) is 0 Å². The molecule has 0 unspecified atom stereocenters. The van der Waals surface area contributed by atoms with Gasteiger partial charge >= 0.3 is 11.7 Å². The van der Waals surface area contributed by atoms with E-state index in [0.29, 0.717) is 5.76 Å². The van der Waals surface area contributed by atoms with Gasteiger partial charge in [0.1, 0.15) is 23.2 Å². The summed E-state index contributed by atoms with van der Waals surface area (Å²) in [6.45, 7) is 1.82. The summed E-state index contributed by atoms with van der Waals surface area (Å²) in [5, 5.41) is 14.5. The molecule has 8 heteroatoms. The molecule has 0 aliphatic rings. The maximum absolute atomic E-state index is 12.4. The number of furan rings is 1. The lowest BCUT2D eigenvalue weighted by atomic mass is 10.2. The Labute approximate surface area is 143 Å². The zero-order valence-electron chi connectivity index (χ0n) is 13.7. The van der Waals surface area contributed by atoms with Crippen molar-refractivity contribution in [1.82, 2.24) is 9.88 Å². The van der Waals surface area contributed by atoms with Gasteiger partial charge in [-0.2, -0.15) is 0 Å². The number of nitro groups is 1. The van der Waals surface area contributed by atoms with Crippen molar-refractivity contribution in [1.29, 1.82) is 0 Å². The van der Waals surface area contributed by atoms with Crippen LogP contribution in [0.1, 0.15) is 18.7 Å². The van der Waals surface area contributed by atoms with Crippen molar-refractivity contribution in [3.05, 3.63) is 64.7 Å². The maximum atomic E-state index is 12.4. The molecule has 3 aromatic rings. The van der Waals surface area contributed by atoms with E-state index in [2.05, 4.69) is 10.3 Å². The molecule has 0 aliphatic carbocycles. The number of para-hydroxylation sites is 1. The lowest BCUT2D eigenvalue weighted by Crippen LogP contribution is -2.33. The van der Waals surface area contributed by atoms with Gasteiger partial charge in [-0.05, 0) is 25.1 Å². The molecule has 0 fully saturated rings. The van der Waals surface area contributed by atoms with Crippen LogP contribution in [0.25, 0.3) is 11.0 Å². The highest BCUT2D eigenvalue weighted by molar-refractivity contribution is 5.91. The second-order valence-corrected chi connectivity index (χ2v) is 5.55. The number of hydrogen-bond acceptors (Lipinski definition) is 5. The number of urea groups is 1. The summed E-state index contributed by atoms with van der Waals surface area (Å²) in [7, 11) is 1.60. The van der Waals surface area contributed by atoms with E-state index in [-0.39, 0.29) is 17.4 Å². The fourth-order valence-corrected chi connectivity index (χ4v) is 2.42. The van der Waals surface area contributed by atoms with Gasteiger partial charge in [0.2, 0.25) is 0 Å². The summed E-state index contributed by atoms with van der Waals surface area (Å²) in [4.78, 5) is 28.0. The zero-order chi connectivity index (χ0) is 18.0. The Bertz CT molecular complexity index is 904. The van der Waals surface area contributed by atoms with Crippen molar-refractivity contribution in [2.45, 2.75) is 13.0 Å². The number of carbonyl (C=O) groups excluding carboxylic acids is 1. The minimum Gasteiger partial charge on any atom is -0.459 e. The number of amides is 2. The highest BCUT2D eigenvalue weighted by Gasteiger charge is 2.23. The molecule has 0 spiro atoms. The van der Waals surface area contributed by atoms with Crippen LogP contribution in [-0.2, 0) is 0 Å². The summed E-state index contributed by atoms with van der Waals surface area (Å²) in [5.74, 6) is 0.628. The average molecular weight is 340 g/mol. The molecule has 3 rings (SSSR count). The van der Waals surface area contributed by atoms with E-state index in [1.165, 1.54) is 17.2 Å². The number of rotatable bonds is 4. The summed E-state index contributed by atoms with van der Waals surface area (Å²) in [6.07, 6.45) is 2.48. The van der Waals surface area contributed by atoms with Crippen molar-refractivity contribution >= 4 is 28.4 Å². The number of nitrogens with zero attached hydrogens (tertiary/aromatic N) is 3. The van der Waals surface area contributed by atoms with Crippen LogP contribution in [0.3, 0.4) is 0 Å². The monoisotopic (exact) mass is 340 g/mol. The summed E-state index contributed by atoms with van der Waals surface area (Å²) in [5.41, 5.74) is 0.567. The molecule has 0 radical (unpaired) electrons. The molecule has 0 saturated carbocycles. The van der Waals surface area contributed by atoms with Gasteiger partial charge in [0.25, 0.3) is 0 Å². The Balaban J connectivity index is 1.79. The molecule has 2 heterocycles. The minimum absolute atomic E-state index is 0.0913. The van der Waals surface area contributed by atoms with Gasteiger partial charge in [-0.25, -0.2) is 4.79 Å². The fourth-order valence-electron chi connectivity index (χ4n) is 2.42. The normalized spacial score (nSPS) is 11.9. The number of fused-ring (bicyclic) bond motifs is 1. The van der Waals surface area contributed by atoms with E-state index >= 15 is 0 Å². The van der Waals surface area contributed by atoms with Gasteiger partial charge in [-0.1, -0.05) is 18.2 Å². The number of benzene rings is 1. The molecule has 25 heavy (non-hydrogen) atoms. The Morgan fingerprint density at radius 1 is 1.36 bits per heavy atom. The molecule has 8 nitrogen and oxygen atoms in total. The average Bonchev–Trinajstić information content (AvgIpc) is 3.04. The van der Waals surface area contributed by atoms with Crippen LogP contribution in [0.2, 0.25) is 0 Å². The molecule has 0 aliphatic heterocycles. The predicted octanol–water partition coefficient (Wildman–Crippen LogP) is 3.96. The van der Waals surface area contributed by atoms with Crippen LogP contribution in [0.15, 0.2) is 53.2 Å². The lowest BCUT2D eigenvalue weighted by molar-refractivity contribution is -0.384. The SMILES string of the molecule is C[C@H](c1cc2ccccc2o1)N(C)C(=O)Nc1ccncc1[N+](=O)[O-]. The second-order valence-electron chi connectivity index (χ2n) is 5.55. The van der Waals surface area contributed by atoms with E-state index in [4.69, 9.17) is 4.42 Å². The second kappa shape index (κ2) is 6.60. The molecule has 2 amide bonds. The quantitative estimate of drug-likeness (QED) is 0.572. The first kappa shape index (κ1) is 16.4. The van der Waals surface area contributed by atoms with Gasteiger partial charge in [0.05, 0.1) is 11.0 Å². The van der Waals surface area contributed by atoms with E-state index in [9.17, 15) is 14.9 Å². The van der Waals surface area contributed by atoms with Crippen molar-refractivity contribution in [2.24, 2.45) is 0 Å². The molecule has 0 bridgehead atoms. The first-order chi connectivity index (χ1) is 12.0. The van der Waals surface area contributed by atoms with E-state index < -0.39 is 11.0 Å². The Kier molecular flexibility index (Phi) is 4.34. The van der Waals surface area contributed by atoms with E-state index in [0.717, 1.165) is 17.2 Å². The molecular formula is C17H16N4O4. The molecule has 1 aromatic carbocycles. The third kappa shape index (κ3) is 3.27. The van der Waals surface area contributed by atoms with Gasteiger partial charge in [-0.15, -0.1) is 0 Å². The van der Waals surface area contributed by atoms with Crippen LogP contribution in [0, 0.1) is 10.1 Å². The highest BCUT2D eigenvalue weighted by Crippen LogP contribution is 2.28. The zero-order valence-corrected chi connectivity index (χ0v) is 13.7. The van der Waals surface area contributed by atoms with Crippen molar-refractivity contribution in [2.75, 3.05) is 12.4 Å². The molecule has 1 N–H and O–H groups in total. The Hall–Kier alpha value is -3.42. The lowest BCUT2D eigenvalue weighted by Gasteiger charge is -2.23. The molecule has 128 valence electrons. The number of pyridine rings is 1. The van der Waals surface area contributed by atoms with Crippen LogP contribution in [-0.4, -0.2) is 27.9 Å². The van der Waals surface area contributed by atoms with Crippen LogP contribution >= 0.6 is 0 Å². The summed E-state index contributed by atoms with van der Waals surface area (Å²) >= 11 is 0. The largest absolute Gasteiger partial charge is 0.459 e. The Morgan fingerprint density at radius 3 is 2.84 bits per heavy atom. The van der Waals surface area contributed by atoms with Gasteiger partial charge in [0.15, 0.2) is 0 Å². The van der Waals surface area contributed by atoms with Crippen LogP contribution in [0.4, 0.5) is 16.2 Å². The molecule has 0 saturated heterocycles. The van der Waals surface area contributed by atoms with Crippen molar-refractivity contribution < 1.29 is 14.1 Å². The predicted molar refractivity (Wildman–Crippen MR) is 92.3 cm³/mol. The smallest absolute Gasteiger partial charge is 0.322 e. The Morgan fingerprint density at radius 2 is 2.12 bits per heavy atom. The number of anilines is 1. The topological polar surface area (TPSA) is 102 Å². The minimum atomic E-state index is -0.592. The van der Waals surface area contributed by atoms with Crippen LogP contribution in [0.5, 0.6) is 0 Å². The van der Waals surface area contributed by atoms with Crippen LogP contribution < -0.4 is 5.32 Å². The number of aromatic nitrogens is 1. The first-order valence-electron chi connectivity index (χ1n) is 7.58.